The Morgan fingerprint density at radius 3 is 3.18 bits per heavy atom. The van der Waals surface area contributed by atoms with Gasteiger partial charge < -0.3 is 20.3 Å². The molecule has 1 saturated heterocycles. The Morgan fingerprint density at radius 1 is 1.76 bits per heavy atom. The Kier molecular flexibility index (Phi) is 3.41. The maximum Gasteiger partial charge on any atom is 0.351 e. The van der Waals surface area contributed by atoms with Gasteiger partial charge in [-0.05, 0) is 6.07 Å². The van der Waals surface area contributed by atoms with E-state index in [0.29, 0.717) is 6.42 Å². The van der Waals surface area contributed by atoms with Gasteiger partial charge in [0.25, 0.3) is 0 Å². The topological polar surface area (TPSA) is 99.6 Å². The molecule has 94 valence electrons. The summed E-state index contributed by atoms with van der Waals surface area (Å²) < 4.78 is 11.8. The molecule has 0 bridgehead atoms. The van der Waals surface area contributed by atoms with Gasteiger partial charge in [0.2, 0.25) is 0 Å². The molecule has 0 aliphatic carbocycles. The lowest BCUT2D eigenvalue weighted by Gasteiger charge is -2.15. The lowest BCUT2D eigenvalue weighted by molar-refractivity contribution is -0.0546. The Bertz CT molecular complexity index is 447. The van der Waals surface area contributed by atoms with Crippen LogP contribution in [0.1, 0.15) is 12.6 Å². The number of rotatable bonds is 3. The molecule has 1 aliphatic rings. The molecule has 0 aromatic carbocycles. The van der Waals surface area contributed by atoms with Crippen LogP contribution >= 0.6 is 0 Å². The van der Waals surface area contributed by atoms with Gasteiger partial charge in [0, 0.05) is 19.7 Å². The monoisotopic (exact) mass is 241 g/mol. The predicted octanol–water partition coefficient (Wildman–Crippen LogP) is -0.880. The fraction of sp³-hybridized carbons (Fsp3) is 0.600. The number of aliphatic hydroxyl groups excluding tert-OH is 1. The van der Waals surface area contributed by atoms with Gasteiger partial charge in [0.1, 0.15) is 18.1 Å². The maximum absolute atomic E-state index is 11.6. The molecule has 0 amide bonds. The third-order valence-electron chi connectivity index (χ3n) is 2.70. The minimum atomic E-state index is -0.649. The summed E-state index contributed by atoms with van der Waals surface area (Å²) in [4.78, 5) is 15.2. The first-order valence-electron chi connectivity index (χ1n) is 5.29. The number of nitrogens with zero attached hydrogens (tertiary/aromatic N) is 2. The second kappa shape index (κ2) is 4.82. The second-order valence-corrected chi connectivity index (χ2v) is 3.93. The highest BCUT2D eigenvalue weighted by Gasteiger charge is 2.35. The van der Waals surface area contributed by atoms with E-state index in [9.17, 15) is 9.90 Å². The highest BCUT2D eigenvalue weighted by molar-refractivity contribution is 5.23. The molecule has 1 aromatic heterocycles. The van der Waals surface area contributed by atoms with Gasteiger partial charge in [-0.2, -0.15) is 4.98 Å². The number of aliphatic hydroxyl groups is 1. The smallest absolute Gasteiger partial charge is 0.351 e. The molecular weight excluding hydrogens is 226 g/mol. The van der Waals surface area contributed by atoms with Crippen LogP contribution in [0.4, 0.5) is 5.82 Å². The van der Waals surface area contributed by atoms with Crippen LogP contribution < -0.4 is 11.4 Å². The average molecular weight is 241 g/mol. The average Bonchev–Trinajstić information content (AvgIpc) is 2.60. The molecule has 17 heavy (non-hydrogen) atoms. The van der Waals surface area contributed by atoms with Crippen LogP contribution in [0, 0.1) is 0 Å². The normalized spacial score (nSPS) is 28.5. The summed E-state index contributed by atoms with van der Waals surface area (Å²) in [6, 6.07) is 1.51. The van der Waals surface area contributed by atoms with Crippen LogP contribution in [0.3, 0.4) is 0 Å². The molecule has 1 unspecified atom stereocenters. The summed E-state index contributed by atoms with van der Waals surface area (Å²) in [6.07, 6.45) is 0.251. The highest BCUT2D eigenvalue weighted by atomic mass is 16.6. The molecule has 2 heterocycles. The maximum atomic E-state index is 11.6. The molecule has 1 aromatic rings. The van der Waals surface area contributed by atoms with Crippen molar-refractivity contribution in [3.8, 4) is 0 Å². The van der Waals surface area contributed by atoms with Crippen molar-refractivity contribution >= 4 is 5.82 Å². The van der Waals surface area contributed by atoms with Crippen molar-refractivity contribution in [2.45, 2.75) is 24.9 Å². The Balaban J connectivity index is 2.17. The van der Waals surface area contributed by atoms with E-state index >= 15 is 0 Å². The molecule has 7 heteroatoms. The van der Waals surface area contributed by atoms with Gasteiger partial charge in [-0.15, -0.1) is 0 Å². The van der Waals surface area contributed by atoms with Gasteiger partial charge in [-0.25, -0.2) is 4.79 Å². The van der Waals surface area contributed by atoms with Crippen molar-refractivity contribution in [1.29, 1.82) is 0 Å². The standard InChI is InChI=1S/C10H15N3O4/c1-16-5-7-6(14)4-9(17-7)13-3-2-8(11)12-10(13)15/h2-3,6-7,9,14H,4-5H2,1H3,(H2,11,12,15)/t6?,7-,9-/m0/s1. The van der Waals surface area contributed by atoms with Gasteiger partial charge >= 0.3 is 5.69 Å². The van der Waals surface area contributed by atoms with Crippen molar-refractivity contribution in [2.75, 3.05) is 19.5 Å². The summed E-state index contributed by atoms with van der Waals surface area (Å²) in [6.45, 7) is 0.287. The first-order valence-corrected chi connectivity index (χ1v) is 5.29. The minimum Gasteiger partial charge on any atom is -0.390 e. The zero-order chi connectivity index (χ0) is 12.4. The van der Waals surface area contributed by atoms with Crippen molar-refractivity contribution in [3.05, 3.63) is 22.7 Å². The van der Waals surface area contributed by atoms with E-state index < -0.39 is 24.1 Å². The zero-order valence-corrected chi connectivity index (χ0v) is 9.44. The van der Waals surface area contributed by atoms with E-state index in [4.69, 9.17) is 15.2 Å². The van der Waals surface area contributed by atoms with Crippen LogP contribution in [0.2, 0.25) is 0 Å². The van der Waals surface area contributed by atoms with E-state index in [-0.39, 0.29) is 12.4 Å². The SMILES string of the molecule is COC[C@@H]1O[C@H](n2ccc(N)nc2=O)CC1O. The van der Waals surface area contributed by atoms with Crippen LogP contribution in [-0.2, 0) is 9.47 Å². The summed E-state index contributed by atoms with van der Waals surface area (Å²) in [7, 11) is 1.53. The van der Waals surface area contributed by atoms with E-state index in [1.54, 1.807) is 0 Å². The van der Waals surface area contributed by atoms with E-state index in [2.05, 4.69) is 4.98 Å². The molecular formula is C10H15N3O4. The fourth-order valence-corrected chi connectivity index (χ4v) is 1.85. The summed E-state index contributed by atoms with van der Waals surface area (Å²) in [5, 5.41) is 9.73. The van der Waals surface area contributed by atoms with Crippen molar-refractivity contribution in [1.82, 2.24) is 9.55 Å². The van der Waals surface area contributed by atoms with Crippen LogP contribution in [0.25, 0.3) is 0 Å². The number of nitrogens with two attached hydrogens (primary N) is 1. The highest BCUT2D eigenvalue weighted by Crippen LogP contribution is 2.27. The van der Waals surface area contributed by atoms with Crippen molar-refractivity contribution in [3.63, 3.8) is 0 Å². The summed E-state index contributed by atoms with van der Waals surface area (Å²) >= 11 is 0. The number of hydrogen-bond donors (Lipinski definition) is 2. The first kappa shape index (κ1) is 12.0. The number of aromatic nitrogens is 2. The molecule has 1 fully saturated rings. The van der Waals surface area contributed by atoms with Crippen molar-refractivity contribution in [2.24, 2.45) is 0 Å². The number of nitrogen functional groups attached to an aromatic ring is 1. The fourth-order valence-electron chi connectivity index (χ4n) is 1.85. The van der Waals surface area contributed by atoms with Crippen molar-refractivity contribution < 1.29 is 14.6 Å². The number of methoxy groups -OCH3 is 1. The minimum absolute atomic E-state index is 0.165. The Labute approximate surface area is 97.8 Å². The number of ether oxygens (including phenoxy) is 2. The van der Waals surface area contributed by atoms with Crippen LogP contribution in [-0.4, -0.2) is 40.6 Å². The molecule has 7 nitrogen and oxygen atoms in total. The second-order valence-electron chi connectivity index (χ2n) is 3.93. The third kappa shape index (κ3) is 2.46. The molecule has 1 aliphatic heterocycles. The Hall–Kier alpha value is -1.44. The molecule has 3 atom stereocenters. The molecule has 0 spiro atoms. The van der Waals surface area contributed by atoms with Crippen LogP contribution in [0.15, 0.2) is 17.1 Å². The molecule has 0 radical (unpaired) electrons. The zero-order valence-electron chi connectivity index (χ0n) is 9.44. The molecule has 2 rings (SSSR count). The van der Waals surface area contributed by atoms with E-state index in [1.807, 2.05) is 0 Å². The largest absolute Gasteiger partial charge is 0.390 e. The van der Waals surface area contributed by atoms with Gasteiger partial charge in [-0.3, -0.25) is 4.57 Å². The van der Waals surface area contributed by atoms with Gasteiger partial charge in [0.05, 0.1) is 12.7 Å². The van der Waals surface area contributed by atoms with E-state index in [1.165, 1.54) is 23.9 Å². The lowest BCUT2D eigenvalue weighted by Crippen LogP contribution is -2.28. The van der Waals surface area contributed by atoms with Gasteiger partial charge in [0.15, 0.2) is 0 Å². The molecule has 3 N–H and O–H groups in total. The van der Waals surface area contributed by atoms with Gasteiger partial charge in [-0.1, -0.05) is 0 Å². The number of anilines is 1. The first-order chi connectivity index (χ1) is 8.11. The molecule has 0 saturated carbocycles. The Morgan fingerprint density at radius 2 is 2.53 bits per heavy atom. The quantitative estimate of drug-likeness (QED) is 0.713. The predicted molar refractivity (Wildman–Crippen MR) is 59.3 cm³/mol. The lowest BCUT2D eigenvalue weighted by atomic mass is 10.2. The third-order valence-corrected chi connectivity index (χ3v) is 2.70. The number of hydrogen-bond acceptors (Lipinski definition) is 6. The van der Waals surface area contributed by atoms with Crippen LogP contribution in [0.5, 0.6) is 0 Å². The summed E-state index contributed by atoms with van der Waals surface area (Å²) in [5.41, 5.74) is 4.91. The summed E-state index contributed by atoms with van der Waals surface area (Å²) in [5.74, 6) is 0.165. The van der Waals surface area contributed by atoms with E-state index in [0.717, 1.165) is 0 Å².